The molecule has 2 N–H and O–H groups in total. The summed E-state index contributed by atoms with van der Waals surface area (Å²) < 4.78 is 5.22. The minimum atomic E-state index is -0.958. The Labute approximate surface area is 254 Å². The van der Waals surface area contributed by atoms with Crippen molar-refractivity contribution in [3.8, 4) is 5.75 Å². The minimum absolute atomic E-state index is 0.204. The Balaban J connectivity index is 1.75. The van der Waals surface area contributed by atoms with Crippen molar-refractivity contribution in [1.29, 1.82) is 0 Å². The Hall–Kier alpha value is -1.97. The minimum Gasteiger partial charge on any atom is -0.497 e. The van der Waals surface area contributed by atoms with Gasteiger partial charge in [0, 0.05) is 12.3 Å². The van der Waals surface area contributed by atoms with Crippen molar-refractivity contribution in [1.82, 2.24) is 15.7 Å². The van der Waals surface area contributed by atoms with Crippen molar-refractivity contribution in [3.63, 3.8) is 0 Å². The summed E-state index contributed by atoms with van der Waals surface area (Å²) in [5.74, 6) is 4.46. The molecule has 2 amide bonds. The van der Waals surface area contributed by atoms with Crippen LogP contribution < -0.4 is 15.4 Å². The highest BCUT2D eigenvalue weighted by atomic mass is 32.2. The third-order valence-electron chi connectivity index (χ3n) is 7.07. The molecule has 0 bridgehead atoms. The number of ether oxygens (including phenoxy) is 1. The molecule has 1 aliphatic heterocycles. The van der Waals surface area contributed by atoms with Crippen LogP contribution in [0.2, 0.25) is 0 Å². The molecule has 2 fully saturated rings. The second-order valence-electron chi connectivity index (χ2n) is 12.3. The summed E-state index contributed by atoms with van der Waals surface area (Å²) in [6.45, 7) is 10.3. The molecule has 228 valence electrons. The van der Waals surface area contributed by atoms with Gasteiger partial charge in [-0.1, -0.05) is 57.0 Å². The number of rotatable bonds is 13. The van der Waals surface area contributed by atoms with Crippen LogP contribution in [0.1, 0.15) is 78.7 Å². The molecule has 0 aromatic heterocycles. The van der Waals surface area contributed by atoms with E-state index in [-0.39, 0.29) is 16.2 Å². The van der Waals surface area contributed by atoms with E-state index in [9.17, 15) is 14.4 Å². The molecule has 1 aromatic rings. The van der Waals surface area contributed by atoms with Gasteiger partial charge in [0.25, 0.3) is 0 Å². The number of nitrogens with zero attached hydrogens (tertiary/aromatic N) is 1. The summed E-state index contributed by atoms with van der Waals surface area (Å²) in [6, 6.07) is 5.79. The van der Waals surface area contributed by atoms with Gasteiger partial charge in [-0.05, 0) is 75.3 Å². The molecule has 0 radical (unpaired) electrons. The van der Waals surface area contributed by atoms with E-state index in [1.807, 2.05) is 51.0 Å². The summed E-state index contributed by atoms with van der Waals surface area (Å²) in [6.07, 6.45) is 6.99. The lowest BCUT2D eigenvalue weighted by molar-refractivity contribution is -0.244. The fourth-order valence-electron chi connectivity index (χ4n) is 5.04. The van der Waals surface area contributed by atoms with Gasteiger partial charge >= 0.3 is 0 Å². The largest absolute Gasteiger partial charge is 0.497 e. The van der Waals surface area contributed by atoms with Crippen molar-refractivity contribution in [2.45, 2.75) is 103 Å². The second-order valence-corrected chi connectivity index (χ2v) is 14.6. The SMILES string of the molecule is COc1ccc(CNC(=O)[C@H](CSCC2CCCCC2)NC(=O)[C@@H]2C(=C=O)SC(CC(C)C)N2OC(C)(C)C)cc1. The lowest BCUT2D eigenvalue weighted by atomic mass is 9.91. The van der Waals surface area contributed by atoms with E-state index in [0.717, 1.165) is 23.5 Å². The van der Waals surface area contributed by atoms with E-state index in [0.29, 0.717) is 24.1 Å². The van der Waals surface area contributed by atoms with Gasteiger partial charge in [-0.25, -0.2) is 4.79 Å². The molecule has 2 aliphatic rings. The molecule has 10 heteroatoms. The third-order valence-corrected chi connectivity index (χ3v) is 9.58. The lowest BCUT2D eigenvalue weighted by Crippen LogP contribution is -2.55. The fourth-order valence-corrected chi connectivity index (χ4v) is 7.74. The number of hydrogen-bond acceptors (Lipinski definition) is 8. The predicted octanol–water partition coefficient (Wildman–Crippen LogP) is 5.34. The van der Waals surface area contributed by atoms with Crippen LogP contribution in [0, 0.1) is 11.8 Å². The third kappa shape index (κ3) is 10.7. The number of hydroxylamine groups is 2. The summed E-state index contributed by atoms with van der Waals surface area (Å²) in [5.41, 5.74) is 0.358. The highest BCUT2D eigenvalue weighted by Gasteiger charge is 2.47. The predicted molar refractivity (Wildman–Crippen MR) is 167 cm³/mol. The summed E-state index contributed by atoms with van der Waals surface area (Å²) in [5, 5.41) is 7.40. The van der Waals surface area contributed by atoms with Crippen molar-refractivity contribution in [2.24, 2.45) is 11.8 Å². The molecule has 3 rings (SSSR count). The number of carbonyl (C=O) groups excluding carboxylic acids is 3. The monoisotopic (exact) mass is 605 g/mol. The Morgan fingerprint density at radius 3 is 2.41 bits per heavy atom. The summed E-state index contributed by atoms with van der Waals surface area (Å²) >= 11 is 3.03. The van der Waals surface area contributed by atoms with E-state index in [1.54, 1.807) is 23.9 Å². The summed E-state index contributed by atoms with van der Waals surface area (Å²) in [7, 11) is 1.61. The topological polar surface area (TPSA) is 97.0 Å². The van der Waals surface area contributed by atoms with Crippen LogP contribution in [0.4, 0.5) is 0 Å². The first kappa shape index (κ1) is 33.5. The van der Waals surface area contributed by atoms with Crippen molar-refractivity contribution >= 4 is 41.3 Å². The summed E-state index contributed by atoms with van der Waals surface area (Å²) in [4.78, 5) is 45.8. The van der Waals surface area contributed by atoms with Gasteiger partial charge in [0.1, 0.15) is 17.7 Å². The van der Waals surface area contributed by atoms with Gasteiger partial charge in [0.15, 0.2) is 6.04 Å². The van der Waals surface area contributed by atoms with Crippen LogP contribution in [0.25, 0.3) is 0 Å². The molecule has 0 spiro atoms. The lowest BCUT2D eigenvalue weighted by Gasteiger charge is -2.34. The highest BCUT2D eigenvalue weighted by molar-refractivity contribution is 8.04. The molecule has 1 aromatic carbocycles. The van der Waals surface area contributed by atoms with Crippen LogP contribution in [-0.4, -0.2) is 64.5 Å². The normalized spacial score (nSPS) is 21.0. The second kappa shape index (κ2) is 16.0. The number of methoxy groups -OCH3 is 1. The quantitative estimate of drug-likeness (QED) is 0.291. The number of benzene rings is 1. The van der Waals surface area contributed by atoms with Gasteiger partial charge in [-0.15, -0.1) is 0 Å². The zero-order valence-electron chi connectivity index (χ0n) is 25.4. The fraction of sp³-hybridized carbons (Fsp3) is 0.677. The van der Waals surface area contributed by atoms with Gasteiger partial charge < -0.3 is 15.4 Å². The molecule has 8 nitrogen and oxygen atoms in total. The van der Waals surface area contributed by atoms with E-state index in [1.165, 1.54) is 43.9 Å². The van der Waals surface area contributed by atoms with Crippen LogP contribution >= 0.6 is 23.5 Å². The number of nitrogens with one attached hydrogen (secondary N) is 2. The van der Waals surface area contributed by atoms with E-state index < -0.39 is 23.6 Å². The zero-order chi connectivity index (χ0) is 30.0. The molecular weight excluding hydrogens is 558 g/mol. The molecule has 3 atom stereocenters. The van der Waals surface area contributed by atoms with Gasteiger partial charge in [0.2, 0.25) is 11.8 Å². The first-order chi connectivity index (χ1) is 19.5. The average molecular weight is 606 g/mol. The van der Waals surface area contributed by atoms with E-state index in [2.05, 4.69) is 24.5 Å². The first-order valence-electron chi connectivity index (χ1n) is 14.7. The van der Waals surface area contributed by atoms with Crippen LogP contribution in [0.15, 0.2) is 29.2 Å². The van der Waals surface area contributed by atoms with Crippen molar-refractivity contribution in [3.05, 3.63) is 34.7 Å². The molecule has 1 unspecified atom stereocenters. The Kier molecular flexibility index (Phi) is 13.1. The highest BCUT2D eigenvalue weighted by Crippen LogP contribution is 2.42. The first-order valence-corrected chi connectivity index (χ1v) is 16.7. The van der Waals surface area contributed by atoms with E-state index >= 15 is 0 Å². The number of amides is 2. The van der Waals surface area contributed by atoms with Crippen molar-refractivity contribution in [2.75, 3.05) is 18.6 Å². The molecule has 1 saturated carbocycles. The van der Waals surface area contributed by atoms with Gasteiger partial charge in [0.05, 0.1) is 23.0 Å². The standard InChI is InChI=1S/C31H47N3O5S2/c1-21(2)16-27-34(39-31(3,4)5)28(26(18-35)41-27)30(37)33-25(20-40-19-23-10-8-7-9-11-23)29(36)32-17-22-12-14-24(38-6)15-13-22/h12-15,21,23,25,27-28H,7-11,16-17,19-20H2,1-6H3,(H,32,36)(H,33,37)/t25-,27?,28-/m0/s1. The maximum absolute atomic E-state index is 13.8. The maximum Gasteiger partial charge on any atom is 0.246 e. The zero-order valence-corrected chi connectivity index (χ0v) is 27.0. The van der Waals surface area contributed by atoms with Gasteiger partial charge in [-0.2, -0.15) is 16.8 Å². The Morgan fingerprint density at radius 1 is 1.15 bits per heavy atom. The van der Waals surface area contributed by atoms with Gasteiger partial charge in [-0.3, -0.25) is 14.4 Å². The molecule has 1 aliphatic carbocycles. The van der Waals surface area contributed by atoms with Crippen LogP contribution in [0.3, 0.4) is 0 Å². The maximum atomic E-state index is 13.8. The number of carbonyl (C=O) groups is 2. The van der Waals surface area contributed by atoms with Crippen LogP contribution in [-0.2, 0) is 25.8 Å². The Bertz CT molecular complexity index is 1050. The number of hydrogen-bond donors (Lipinski definition) is 2. The average Bonchev–Trinajstić information content (AvgIpc) is 3.26. The Morgan fingerprint density at radius 2 is 1.83 bits per heavy atom. The van der Waals surface area contributed by atoms with Crippen LogP contribution in [0.5, 0.6) is 5.75 Å². The van der Waals surface area contributed by atoms with E-state index in [4.69, 9.17) is 9.57 Å². The molecule has 1 saturated heterocycles. The smallest absolute Gasteiger partial charge is 0.246 e. The molecule has 1 heterocycles. The molecular formula is C31H47N3O5S2. The number of thioether (sulfide) groups is 2. The van der Waals surface area contributed by atoms with Crippen molar-refractivity contribution < 1.29 is 24.0 Å². The molecule has 41 heavy (non-hydrogen) atoms.